The normalized spacial score (nSPS) is 16.7. The summed E-state index contributed by atoms with van der Waals surface area (Å²) in [6, 6.07) is 5.49. The lowest BCUT2D eigenvalue weighted by Crippen LogP contribution is -2.39. The minimum atomic E-state index is -4.82. The van der Waals surface area contributed by atoms with Gasteiger partial charge in [-0.25, -0.2) is 4.79 Å². The second-order valence-electron chi connectivity index (χ2n) is 10.9. The second-order valence-corrected chi connectivity index (χ2v) is 10.9. The molecule has 2 aliphatic rings. The van der Waals surface area contributed by atoms with Crippen LogP contribution in [0.2, 0.25) is 0 Å². The van der Waals surface area contributed by atoms with Crippen LogP contribution in [0.25, 0.3) is 17.0 Å². The van der Waals surface area contributed by atoms with Crippen LogP contribution in [0.1, 0.15) is 33.6 Å². The zero-order valence-corrected chi connectivity index (χ0v) is 23.2. The van der Waals surface area contributed by atoms with Crippen molar-refractivity contribution in [3.05, 3.63) is 24.3 Å². The Morgan fingerprint density at radius 1 is 1.15 bits per heavy atom. The van der Waals surface area contributed by atoms with E-state index in [9.17, 15) is 18.0 Å². The van der Waals surface area contributed by atoms with E-state index in [1.165, 1.54) is 22.7 Å². The molecule has 222 valence electrons. The van der Waals surface area contributed by atoms with Gasteiger partial charge in [0.2, 0.25) is 5.65 Å². The van der Waals surface area contributed by atoms with Crippen molar-refractivity contribution in [2.24, 2.45) is 5.92 Å². The number of ether oxygens (including phenoxy) is 3. The number of alkyl halides is 3. The van der Waals surface area contributed by atoms with Crippen molar-refractivity contribution in [3.8, 4) is 22.9 Å². The second kappa shape index (κ2) is 11.1. The molecule has 1 N–H and O–H groups in total. The highest BCUT2D eigenvalue weighted by atomic mass is 19.4. The summed E-state index contributed by atoms with van der Waals surface area (Å²) >= 11 is 0. The molecule has 0 radical (unpaired) electrons. The zero-order chi connectivity index (χ0) is 29.4. The molecular formula is C26H32F3N7O5. The van der Waals surface area contributed by atoms with E-state index < -0.39 is 18.1 Å². The number of halogens is 3. The fraction of sp³-hybridized carbons (Fsp3) is 0.538. The Morgan fingerprint density at radius 3 is 2.61 bits per heavy atom. The number of hydrogen-bond donors (Lipinski definition) is 1. The van der Waals surface area contributed by atoms with E-state index >= 15 is 0 Å². The van der Waals surface area contributed by atoms with Crippen molar-refractivity contribution in [3.63, 3.8) is 0 Å². The summed E-state index contributed by atoms with van der Waals surface area (Å²) in [7, 11) is 1.92. The lowest BCUT2D eigenvalue weighted by molar-refractivity contribution is -0.274. The van der Waals surface area contributed by atoms with Crippen LogP contribution >= 0.6 is 0 Å². The van der Waals surface area contributed by atoms with Gasteiger partial charge in [0.1, 0.15) is 23.6 Å². The standard InChI is InChI=1S/C26H32F3N7O5/c1-25(2,3)40-24(37)41-35-10-8-16(9-11-35)15-30-21-19-20(38-13-12-34(19)4)23-32-31-22(36(23)33-21)17-6-5-7-18(14-17)39-26(27,28)29/h5-7,14,16H,8-13,15H2,1-4H3,(H,30,33). The number of rotatable bonds is 6. The number of carbonyl (C=O) groups excluding carboxylic acids is 1. The van der Waals surface area contributed by atoms with Crippen LogP contribution in [-0.2, 0) is 9.57 Å². The van der Waals surface area contributed by atoms with Gasteiger partial charge in [-0.1, -0.05) is 12.1 Å². The average Bonchev–Trinajstić information content (AvgIpc) is 3.30. The van der Waals surface area contributed by atoms with Crippen LogP contribution in [0.4, 0.5) is 29.5 Å². The van der Waals surface area contributed by atoms with E-state index in [1.807, 2.05) is 11.9 Å². The van der Waals surface area contributed by atoms with Crippen molar-refractivity contribution in [1.82, 2.24) is 24.9 Å². The third kappa shape index (κ3) is 6.84. The number of fused-ring (bicyclic) bond motifs is 3. The fourth-order valence-electron chi connectivity index (χ4n) is 4.71. The molecule has 1 saturated heterocycles. The third-order valence-corrected chi connectivity index (χ3v) is 6.59. The van der Waals surface area contributed by atoms with Gasteiger partial charge in [-0.15, -0.1) is 33.5 Å². The predicted molar refractivity (Wildman–Crippen MR) is 142 cm³/mol. The van der Waals surface area contributed by atoms with E-state index in [0.29, 0.717) is 55.6 Å². The topological polar surface area (TPSA) is 116 Å². The lowest BCUT2D eigenvalue weighted by Gasteiger charge is -2.32. The first kappa shape index (κ1) is 28.5. The van der Waals surface area contributed by atoms with Crippen molar-refractivity contribution >= 4 is 23.3 Å². The minimum absolute atomic E-state index is 0.239. The highest BCUT2D eigenvalue weighted by Gasteiger charge is 2.32. The quantitative estimate of drug-likeness (QED) is 0.416. The summed E-state index contributed by atoms with van der Waals surface area (Å²) in [6.45, 7) is 8.11. The molecule has 1 aromatic carbocycles. The van der Waals surface area contributed by atoms with E-state index in [4.69, 9.17) is 19.4 Å². The largest absolute Gasteiger partial charge is 0.573 e. The molecule has 41 heavy (non-hydrogen) atoms. The Bertz CT molecular complexity index is 1400. The number of anilines is 2. The minimum Gasteiger partial charge on any atom is -0.486 e. The number of carbonyl (C=O) groups is 1. The maximum absolute atomic E-state index is 12.8. The summed E-state index contributed by atoms with van der Waals surface area (Å²) in [4.78, 5) is 19.3. The van der Waals surface area contributed by atoms with Crippen molar-refractivity contribution in [2.45, 2.75) is 45.6 Å². The van der Waals surface area contributed by atoms with Crippen LogP contribution in [0.15, 0.2) is 24.3 Å². The summed E-state index contributed by atoms with van der Waals surface area (Å²) < 4.78 is 55.1. The first-order valence-corrected chi connectivity index (χ1v) is 13.3. The lowest BCUT2D eigenvalue weighted by atomic mass is 9.98. The first-order chi connectivity index (χ1) is 19.4. The molecule has 15 heteroatoms. The van der Waals surface area contributed by atoms with Gasteiger partial charge in [0.15, 0.2) is 17.4 Å². The van der Waals surface area contributed by atoms with Gasteiger partial charge in [-0.05, 0) is 51.7 Å². The summed E-state index contributed by atoms with van der Waals surface area (Å²) in [5.74, 6) is 1.15. The number of nitrogens with zero attached hydrogens (tertiary/aromatic N) is 6. The Labute approximate surface area is 234 Å². The maximum atomic E-state index is 12.8. The Hall–Kier alpha value is -4.01. The predicted octanol–water partition coefficient (Wildman–Crippen LogP) is 4.51. The molecule has 3 aromatic rings. The zero-order valence-electron chi connectivity index (χ0n) is 23.2. The van der Waals surface area contributed by atoms with Gasteiger partial charge in [0, 0.05) is 32.2 Å². The van der Waals surface area contributed by atoms with Gasteiger partial charge in [-0.2, -0.15) is 4.52 Å². The molecule has 0 spiro atoms. The molecule has 0 bridgehead atoms. The number of benzene rings is 1. The van der Waals surface area contributed by atoms with Crippen LogP contribution in [0, 0.1) is 5.92 Å². The van der Waals surface area contributed by atoms with Gasteiger partial charge in [-0.3, -0.25) is 0 Å². The number of piperidine rings is 1. The monoisotopic (exact) mass is 579 g/mol. The summed E-state index contributed by atoms with van der Waals surface area (Å²) in [5.41, 5.74) is 0.789. The van der Waals surface area contributed by atoms with Crippen LogP contribution in [0.3, 0.4) is 0 Å². The molecular weight excluding hydrogens is 547 g/mol. The summed E-state index contributed by atoms with van der Waals surface area (Å²) in [5, 5.41) is 18.2. The van der Waals surface area contributed by atoms with Crippen molar-refractivity contribution in [2.75, 3.05) is 50.1 Å². The van der Waals surface area contributed by atoms with Gasteiger partial charge in [0.25, 0.3) is 0 Å². The van der Waals surface area contributed by atoms with Crippen LogP contribution in [0.5, 0.6) is 11.5 Å². The maximum Gasteiger partial charge on any atom is 0.573 e. The first-order valence-electron chi connectivity index (χ1n) is 13.3. The highest BCUT2D eigenvalue weighted by Crippen LogP contribution is 2.40. The highest BCUT2D eigenvalue weighted by molar-refractivity contribution is 5.82. The van der Waals surface area contributed by atoms with E-state index in [1.54, 1.807) is 31.9 Å². The molecule has 0 atom stereocenters. The number of aromatic nitrogens is 4. The third-order valence-electron chi connectivity index (χ3n) is 6.59. The van der Waals surface area contributed by atoms with E-state index in [-0.39, 0.29) is 17.5 Å². The Kier molecular flexibility index (Phi) is 7.72. The molecule has 0 unspecified atom stereocenters. The summed E-state index contributed by atoms with van der Waals surface area (Å²) in [6.07, 6.45) is -4.00. The molecule has 1 fully saturated rings. The molecule has 12 nitrogen and oxygen atoms in total. The fourth-order valence-corrected chi connectivity index (χ4v) is 4.71. The van der Waals surface area contributed by atoms with Crippen LogP contribution in [-0.4, -0.2) is 82.8 Å². The number of hydrogen-bond acceptors (Lipinski definition) is 11. The Balaban J connectivity index is 1.34. The van der Waals surface area contributed by atoms with Gasteiger partial charge in [0.05, 0.1) is 6.54 Å². The van der Waals surface area contributed by atoms with E-state index in [0.717, 1.165) is 18.5 Å². The molecule has 4 heterocycles. The smallest absolute Gasteiger partial charge is 0.486 e. The van der Waals surface area contributed by atoms with Crippen molar-refractivity contribution in [1.29, 1.82) is 0 Å². The van der Waals surface area contributed by atoms with Gasteiger partial charge >= 0.3 is 12.5 Å². The Morgan fingerprint density at radius 2 is 1.90 bits per heavy atom. The number of nitrogens with one attached hydrogen (secondary N) is 1. The molecule has 0 saturated carbocycles. The number of likely N-dealkylation sites (N-methyl/N-ethyl adjacent to an activating group) is 1. The molecule has 2 aliphatic heterocycles. The van der Waals surface area contributed by atoms with Crippen LogP contribution < -0.4 is 19.7 Å². The SMILES string of the molecule is CN1CCOc2c1c(NCC1CCN(OC(=O)OC(C)(C)C)CC1)nn1c(-c3cccc(OC(F)(F)F)c3)nnc21. The van der Waals surface area contributed by atoms with Crippen molar-refractivity contribution < 1.29 is 37.0 Å². The van der Waals surface area contributed by atoms with Gasteiger partial charge < -0.3 is 29.3 Å². The average molecular weight is 580 g/mol. The molecule has 2 aromatic heterocycles. The molecule has 0 aliphatic carbocycles. The molecule has 0 amide bonds. The number of hydroxylamine groups is 2. The van der Waals surface area contributed by atoms with E-state index in [2.05, 4.69) is 20.3 Å². The molecule has 5 rings (SSSR count).